The van der Waals surface area contributed by atoms with Crippen LogP contribution in [0, 0.1) is 11.6 Å². The lowest BCUT2D eigenvalue weighted by atomic mass is 10.1. The molecule has 3 amide bonds. The third-order valence-electron chi connectivity index (χ3n) is 6.73. The number of nitrogens with zero attached hydrogens (tertiary/aromatic N) is 3. The van der Waals surface area contributed by atoms with E-state index in [1.807, 2.05) is 36.4 Å². The Hall–Kier alpha value is -3.59. The number of halogens is 2. The van der Waals surface area contributed by atoms with Crippen LogP contribution in [0.2, 0.25) is 0 Å². The van der Waals surface area contributed by atoms with Gasteiger partial charge in [0.05, 0.1) is 17.8 Å². The second-order valence-corrected chi connectivity index (χ2v) is 8.83. The number of hydrogen-bond donors (Lipinski definition) is 1. The molecule has 3 aliphatic rings. The lowest BCUT2D eigenvalue weighted by Gasteiger charge is -2.36. The summed E-state index contributed by atoms with van der Waals surface area (Å²) >= 11 is 5.45. The zero-order chi connectivity index (χ0) is 22.9. The first kappa shape index (κ1) is 20.0. The molecule has 3 aromatic rings. The number of carbonyl (C=O) groups excluding carboxylic acids is 2. The van der Waals surface area contributed by atoms with Crippen molar-refractivity contribution in [2.45, 2.75) is 24.5 Å². The van der Waals surface area contributed by atoms with Gasteiger partial charge >= 0.3 is 6.03 Å². The molecule has 0 saturated carbocycles. The number of para-hydroxylation sites is 1. The maximum absolute atomic E-state index is 14.1. The highest BCUT2D eigenvalue weighted by Crippen LogP contribution is 2.43. The molecule has 0 aliphatic carbocycles. The smallest absolute Gasteiger partial charge is 0.332 e. The number of piperazine rings is 1. The van der Waals surface area contributed by atoms with Crippen LogP contribution in [0.5, 0.6) is 0 Å². The summed E-state index contributed by atoms with van der Waals surface area (Å²) in [5.41, 5.74) is 0.228. The molecule has 0 spiro atoms. The fourth-order valence-electron chi connectivity index (χ4n) is 5.31. The molecule has 2 unspecified atom stereocenters. The number of thiocarbonyl (C=S) groups is 1. The average Bonchev–Trinajstić information content (AvgIpc) is 3.47. The van der Waals surface area contributed by atoms with E-state index in [2.05, 4.69) is 5.32 Å². The standard InChI is InChI=1S/C24H18F2N4O2S/c25-16-8-4-9-17(26)20(16)27-23(33)28-12-14-11-19(28)21-22(31)30(24(32)29(14)21)18-10-3-6-13-5-1-2-7-15(13)18/h1-10,14,19,21H,11-12H2,(H,27,33)/t14-,19?,21?/m1/s1. The Balaban J connectivity index is 1.30. The minimum absolute atomic E-state index is 0.134. The second kappa shape index (κ2) is 7.21. The highest BCUT2D eigenvalue weighted by Gasteiger charge is 2.62. The molecule has 3 aliphatic heterocycles. The van der Waals surface area contributed by atoms with Gasteiger partial charge in [0.2, 0.25) is 0 Å². The molecule has 33 heavy (non-hydrogen) atoms. The van der Waals surface area contributed by atoms with Gasteiger partial charge < -0.3 is 15.1 Å². The monoisotopic (exact) mass is 464 g/mol. The van der Waals surface area contributed by atoms with Gasteiger partial charge in [0.15, 0.2) is 5.11 Å². The maximum Gasteiger partial charge on any atom is 0.332 e. The number of likely N-dealkylation sites (tertiary alicyclic amines) is 1. The van der Waals surface area contributed by atoms with Crippen LogP contribution < -0.4 is 10.2 Å². The van der Waals surface area contributed by atoms with Crippen molar-refractivity contribution in [1.82, 2.24) is 9.80 Å². The van der Waals surface area contributed by atoms with Crippen molar-refractivity contribution in [2.75, 3.05) is 16.8 Å². The zero-order valence-corrected chi connectivity index (χ0v) is 18.1. The van der Waals surface area contributed by atoms with E-state index in [1.165, 1.54) is 11.0 Å². The van der Waals surface area contributed by atoms with Gasteiger partial charge in [-0.3, -0.25) is 4.79 Å². The fourth-order valence-corrected chi connectivity index (χ4v) is 5.62. The quantitative estimate of drug-likeness (QED) is 0.457. The highest BCUT2D eigenvalue weighted by molar-refractivity contribution is 7.80. The minimum atomic E-state index is -0.752. The molecule has 0 radical (unpaired) electrons. The van der Waals surface area contributed by atoms with Gasteiger partial charge in [-0.05, 0) is 42.2 Å². The van der Waals surface area contributed by atoms with Gasteiger partial charge in [0.25, 0.3) is 5.91 Å². The summed E-state index contributed by atoms with van der Waals surface area (Å²) in [6, 6.07) is 15.1. The summed E-state index contributed by atoms with van der Waals surface area (Å²) in [6.07, 6.45) is 0.576. The summed E-state index contributed by atoms with van der Waals surface area (Å²) in [5.74, 6) is -1.82. The van der Waals surface area contributed by atoms with Gasteiger partial charge in [-0.2, -0.15) is 0 Å². The third-order valence-corrected chi connectivity index (χ3v) is 7.06. The topological polar surface area (TPSA) is 55.9 Å². The maximum atomic E-state index is 14.1. The molecule has 3 saturated heterocycles. The molecule has 1 N–H and O–H groups in total. The molecule has 3 heterocycles. The Morgan fingerprint density at radius 1 is 0.970 bits per heavy atom. The van der Waals surface area contributed by atoms with Crippen LogP contribution in [0.25, 0.3) is 10.8 Å². The Bertz CT molecular complexity index is 1320. The number of imide groups is 1. The zero-order valence-electron chi connectivity index (χ0n) is 17.2. The van der Waals surface area contributed by atoms with Crippen molar-refractivity contribution in [3.05, 3.63) is 72.3 Å². The van der Waals surface area contributed by atoms with Crippen LogP contribution in [-0.4, -0.2) is 51.5 Å². The van der Waals surface area contributed by atoms with Crippen molar-refractivity contribution in [3.8, 4) is 0 Å². The number of fused-ring (bicyclic) bond motifs is 6. The number of benzene rings is 3. The van der Waals surface area contributed by atoms with E-state index in [0.717, 1.165) is 22.9 Å². The first-order chi connectivity index (χ1) is 16.0. The van der Waals surface area contributed by atoms with Crippen LogP contribution in [0.15, 0.2) is 60.7 Å². The SMILES string of the molecule is O=C1C2C3C[C@H](CN3C(=S)Nc3c(F)cccc3F)N2C(=O)N1c1cccc2ccccc12. The van der Waals surface area contributed by atoms with Gasteiger partial charge in [-0.25, -0.2) is 18.5 Å². The first-order valence-electron chi connectivity index (χ1n) is 10.6. The van der Waals surface area contributed by atoms with Gasteiger partial charge in [-0.1, -0.05) is 42.5 Å². The fraction of sp³-hybridized carbons (Fsp3) is 0.208. The predicted octanol–water partition coefficient (Wildman–Crippen LogP) is 4.11. The molecule has 3 atom stereocenters. The number of carbonyl (C=O) groups is 2. The minimum Gasteiger partial charge on any atom is -0.341 e. The molecule has 6 nitrogen and oxygen atoms in total. The molecule has 3 aromatic carbocycles. The van der Waals surface area contributed by atoms with E-state index in [4.69, 9.17) is 12.2 Å². The number of anilines is 2. The molecule has 166 valence electrons. The lowest BCUT2D eigenvalue weighted by Crippen LogP contribution is -2.55. The normalized spacial score (nSPS) is 23.6. The van der Waals surface area contributed by atoms with Crippen molar-refractivity contribution in [3.63, 3.8) is 0 Å². The average molecular weight is 464 g/mol. The molecule has 6 rings (SSSR count). The summed E-state index contributed by atoms with van der Waals surface area (Å²) < 4.78 is 28.2. The summed E-state index contributed by atoms with van der Waals surface area (Å²) in [4.78, 5) is 31.5. The van der Waals surface area contributed by atoms with E-state index in [-0.39, 0.29) is 34.8 Å². The van der Waals surface area contributed by atoms with Crippen molar-refractivity contribution < 1.29 is 18.4 Å². The number of amides is 3. The van der Waals surface area contributed by atoms with Crippen molar-refractivity contribution in [2.24, 2.45) is 0 Å². The molecular formula is C24H18F2N4O2S. The van der Waals surface area contributed by atoms with Crippen LogP contribution in [0.1, 0.15) is 6.42 Å². The van der Waals surface area contributed by atoms with E-state index in [9.17, 15) is 18.4 Å². The van der Waals surface area contributed by atoms with E-state index in [0.29, 0.717) is 18.7 Å². The molecule has 9 heteroatoms. The third kappa shape index (κ3) is 2.85. The highest BCUT2D eigenvalue weighted by atomic mass is 32.1. The Kier molecular flexibility index (Phi) is 4.38. The summed E-state index contributed by atoms with van der Waals surface area (Å²) in [5, 5.41) is 4.55. The number of nitrogens with one attached hydrogen (secondary N) is 1. The number of hydrogen-bond acceptors (Lipinski definition) is 3. The Labute approximate surface area is 193 Å². The summed E-state index contributed by atoms with van der Waals surface area (Å²) in [7, 11) is 0. The van der Waals surface area contributed by atoms with Gasteiger partial charge in [0, 0.05) is 11.9 Å². The molecule has 2 bridgehead atoms. The lowest BCUT2D eigenvalue weighted by molar-refractivity contribution is -0.120. The molecular weight excluding hydrogens is 446 g/mol. The van der Waals surface area contributed by atoms with E-state index < -0.39 is 17.7 Å². The summed E-state index contributed by atoms with van der Waals surface area (Å²) in [6.45, 7) is 0.394. The van der Waals surface area contributed by atoms with Crippen molar-refractivity contribution in [1.29, 1.82) is 0 Å². The van der Waals surface area contributed by atoms with Gasteiger partial charge in [0.1, 0.15) is 23.4 Å². The van der Waals surface area contributed by atoms with Crippen LogP contribution in [-0.2, 0) is 4.79 Å². The largest absolute Gasteiger partial charge is 0.341 e. The van der Waals surface area contributed by atoms with Gasteiger partial charge in [-0.15, -0.1) is 0 Å². The van der Waals surface area contributed by atoms with E-state index in [1.54, 1.807) is 15.9 Å². The van der Waals surface area contributed by atoms with Crippen LogP contribution >= 0.6 is 12.2 Å². The molecule has 3 fully saturated rings. The van der Waals surface area contributed by atoms with Crippen LogP contribution in [0.3, 0.4) is 0 Å². The van der Waals surface area contributed by atoms with E-state index >= 15 is 0 Å². The second-order valence-electron chi connectivity index (χ2n) is 8.44. The van der Waals surface area contributed by atoms with Crippen LogP contribution in [0.4, 0.5) is 25.0 Å². The predicted molar refractivity (Wildman–Crippen MR) is 124 cm³/mol. The molecule has 0 aromatic heterocycles. The first-order valence-corrected chi connectivity index (χ1v) is 11.0. The van der Waals surface area contributed by atoms with Crippen molar-refractivity contribution >= 4 is 51.4 Å². The number of rotatable bonds is 2. The Morgan fingerprint density at radius 3 is 2.45 bits per heavy atom. The number of urea groups is 1. The Morgan fingerprint density at radius 2 is 1.67 bits per heavy atom.